The smallest absolute Gasteiger partial charge is 0.308 e. The molecule has 0 fully saturated rings. The largest absolute Gasteiger partial charge is 0.426 e. The van der Waals surface area contributed by atoms with Gasteiger partial charge in [-0.05, 0) is 19.1 Å². The lowest BCUT2D eigenvalue weighted by molar-refractivity contribution is -0.131. The number of carbonyl (C=O) groups is 2. The minimum atomic E-state index is -0.480. The summed E-state index contributed by atoms with van der Waals surface area (Å²) in [6.45, 7) is 3.07. The minimum Gasteiger partial charge on any atom is -0.426 e. The molecule has 1 N–H and O–H groups in total. The van der Waals surface area contributed by atoms with Crippen LogP contribution >= 0.6 is 11.3 Å². The van der Waals surface area contributed by atoms with Crippen LogP contribution in [0.5, 0.6) is 5.75 Å². The normalized spacial score (nSPS) is 10.0. The van der Waals surface area contributed by atoms with Crippen LogP contribution in [0.15, 0.2) is 24.3 Å². The molecule has 1 heterocycles. The number of hydrogen-bond donors (Lipinski definition) is 1. The predicted molar refractivity (Wildman–Crippen MR) is 70.4 cm³/mol. The van der Waals surface area contributed by atoms with E-state index in [-0.39, 0.29) is 11.3 Å². The Hall–Kier alpha value is -2.28. The zero-order valence-electron chi connectivity index (χ0n) is 10.3. The number of amides is 1. The van der Waals surface area contributed by atoms with Crippen molar-refractivity contribution in [1.29, 1.82) is 0 Å². The molecule has 0 unspecified atom stereocenters. The van der Waals surface area contributed by atoms with Gasteiger partial charge in [-0.2, -0.15) is 0 Å². The van der Waals surface area contributed by atoms with Gasteiger partial charge in [-0.1, -0.05) is 23.5 Å². The highest BCUT2D eigenvalue weighted by molar-refractivity contribution is 7.15. The van der Waals surface area contributed by atoms with Crippen LogP contribution in [0, 0.1) is 6.92 Å². The van der Waals surface area contributed by atoms with Crippen molar-refractivity contribution in [3.05, 3.63) is 34.8 Å². The van der Waals surface area contributed by atoms with E-state index < -0.39 is 11.9 Å². The summed E-state index contributed by atoms with van der Waals surface area (Å²) in [6.07, 6.45) is 0. The van der Waals surface area contributed by atoms with Crippen molar-refractivity contribution in [2.24, 2.45) is 0 Å². The number of nitrogens with zero attached hydrogens (tertiary/aromatic N) is 2. The molecule has 2 rings (SSSR count). The van der Waals surface area contributed by atoms with Crippen LogP contribution in [-0.4, -0.2) is 22.1 Å². The number of benzene rings is 1. The number of aryl methyl sites for hydroxylation is 1. The third-order valence-corrected chi connectivity index (χ3v) is 2.89. The first-order chi connectivity index (χ1) is 9.06. The Labute approximate surface area is 113 Å². The molecule has 1 aromatic carbocycles. The van der Waals surface area contributed by atoms with Gasteiger partial charge in [-0.25, -0.2) is 0 Å². The van der Waals surface area contributed by atoms with E-state index in [0.29, 0.717) is 5.13 Å². The topological polar surface area (TPSA) is 81.2 Å². The lowest BCUT2D eigenvalue weighted by Crippen LogP contribution is -2.14. The molecule has 0 aliphatic carbocycles. The van der Waals surface area contributed by atoms with Crippen molar-refractivity contribution < 1.29 is 14.3 Å². The van der Waals surface area contributed by atoms with Crippen molar-refractivity contribution in [2.75, 3.05) is 5.32 Å². The number of rotatable bonds is 3. The van der Waals surface area contributed by atoms with Crippen molar-refractivity contribution in [2.45, 2.75) is 13.8 Å². The molecule has 1 amide bonds. The first kappa shape index (κ1) is 13.2. The minimum absolute atomic E-state index is 0.216. The van der Waals surface area contributed by atoms with Gasteiger partial charge in [-0.3, -0.25) is 14.9 Å². The molecule has 0 spiro atoms. The van der Waals surface area contributed by atoms with Crippen LogP contribution < -0.4 is 10.1 Å². The number of aromatic nitrogens is 2. The van der Waals surface area contributed by atoms with Gasteiger partial charge in [0.05, 0.1) is 5.56 Å². The van der Waals surface area contributed by atoms with E-state index in [1.807, 2.05) is 0 Å². The maximum absolute atomic E-state index is 12.1. The predicted octanol–water partition coefficient (Wildman–Crippen LogP) is 2.02. The van der Waals surface area contributed by atoms with E-state index in [2.05, 4.69) is 15.5 Å². The molecular formula is C12H11N3O3S. The molecule has 7 heteroatoms. The van der Waals surface area contributed by atoms with E-state index in [1.165, 1.54) is 18.3 Å². The Balaban J connectivity index is 2.21. The summed E-state index contributed by atoms with van der Waals surface area (Å²) < 4.78 is 4.98. The number of para-hydroxylation sites is 1. The van der Waals surface area contributed by atoms with Crippen LogP contribution in [0.1, 0.15) is 22.3 Å². The third-order valence-electron chi connectivity index (χ3n) is 2.13. The van der Waals surface area contributed by atoms with Gasteiger partial charge in [0.1, 0.15) is 10.8 Å². The highest BCUT2D eigenvalue weighted by atomic mass is 32.1. The third kappa shape index (κ3) is 3.35. The maximum atomic E-state index is 12.1. The molecule has 0 radical (unpaired) electrons. The zero-order valence-corrected chi connectivity index (χ0v) is 11.2. The van der Waals surface area contributed by atoms with Crippen LogP contribution in [0.4, 0.5) is 5.13 Å². The first-order valence-electron chi connectivity index (χ1n) is 5.45. The summed E-state index contributed by atoms with van der Waals surface area (Å²) in [5.74, 6) is -0.659. The lowest BCUT2D eigenvalue weighted by atomic mass is 10.2. The molecule has 0 saturated heterocycles. The summed E-state index contributed by atoms with van der Waals surface area (Å²) >= 11 is 1.27. The SMILES string of the molecule is CC(=O)Oc1ccccc1C(=O)Nc1nnc(C)s1. The fraction of sp³-hybridized carbons (Fsp3) is 0.167. The molecule has 1 aromatic heterocycles. The summed E-state index contributed by atoms with van der Waals surface area (Å²) in [6, 6.07) is 6.50. The summed E-state index contributed by atoms with van der Waals surface area (Å²) in [4.78, 5) is 23.0. The van der Waals surface area contributed by atoms with Gasteiger partial charge < -0.3 is 4.74 Å². The van der Waals surface area contributed by atoms with Crippen molar-refractivity contribution in [1.82, 2.24) is 10.2 Å². The number of anilines is 1. The van der Waals surface area contributed by atoms with Gasteiger partial charge in [0, 0.05) is 6.92 Å². The van der Waals surface area contributed by atoms with Crippen molar-refractivity contribution >= 4 is 28.3 Å². The summed E-state index contributed by atoms with van der Waals surface area (Å²) in [7, 11) is 0. The van der Waals surface area contributed by atoms with Gasteiger partial charge in [-0.15, -0.1) is 10.2 Å². The molecule has 0 aliphatic heterocycles. The average Bonchev–Trinajstić information content (AvgIpc) is 2.74. The number of esters is 1. The Bertz CT molecular complexity index is 624. The van der Waals surface area contributed by atoms with Crippen LogP contribution in [0.2, 0.25) is 0 Å². The first-order valence-corrected chi connectivity index (χ1v) is 6.27. The van der Waals surface area contributed by atoms with Gasteiger partial charge in [0.15, 0.2) is 0 Å². The fourth-order valence-electron chi connectivity index (χ4n) is 1.41. The van der Waals surface area contributed by atoms with Crippen LogP contribution in [-0.2, 0) is 4.79 Å². The second-order valence-electron chi connectivity index (χ2n) is 3.67. The molecule has 2 aromatic rings. The molecule has 0 aliphatic rings. The lowest BCUT2D eigenvalue weighted by Gasteiger charge is -2.07. The molecular weight excluding hydrogens is 266 g/mol. The van der Waals surface area contributed by atoms with Gasteiger partial charge in [0.25, 0.3) is 5.91 Å². The molecule has 0 saturated carbocycles. The zero-order chi connectivity index (χ0) is 13.8. The highest BCUT2D eigenvalue weighted by Crippen LogP contribution is 2.21. The van der Waals surface area contributed by atoms with Gasteiger partial charge >= 0.3 is 5.97 Å². The number of nitrogens with one attached hydrogen (secondary N) is 1. The standard InChI is InChI=1S/C12H11N3O3S/c1-7-14-15-12(19-7)13-11(17)9-5-3-4-6-10(9)18-8(2)16/h3-6H,1-2H3,(H,13,15,17). The number of carbonyl (C=O) groups excluding carboxylic acids is 2. The molecule has 98 valence electrons. The van der Waals surface area contributed by atoms with E-state index in [0.717, 1.165) is 5.01 Å². The molecule has 0 atom stereocenters. The monoisotopic (exact) mass is 277 g/mol. The van der Waals surface area contributed by atoms with E-state index >= 15 is 0 Å². The van der Waals surface area contributed by atoms with Crippen LogP contribution in [0.3, 0.4) is 0 Å². The summed E-state index contributed by atoms with van der Waals surface area (Å²) in [5.41, 5.74) is 0.269. The Morgan fingerprint density at radius 1 is 1.26 bits per heavy atom. The fourth-order valence-corrected chi connectivity index (χ4v) is 2.00. The van der Waals surface area contributed by atoms with Crippen molar-refractivity contribution in [3.63, 3.8) is 0 Å². The number of ether oxygens (including phenoxy) is 1. The Morgan fingerprint density at radius 2 is 2.00 bits per heavy atom. The van der Waals surface area contributed by atoms with E-state index in [1.54, 1.807) is 31.2 Å². The Kier molecular flexibility index (Phi) is 3.86. The van der Waals surface area contributed by atoms with Gasteiger partial charge in [0.2, 0.25) is 5.13 Å². The molecule has 19 heavy (non-hydrogen) atoms. The number of hydrogen-bond acceptors (Lipinski definition) is 6. The van der Waals surface area contributed by atoms with Crippen molar-refractivity contribution in [3.8, 4) is 5.75 Å². The quantitative estimate of drug-likeness (QED) is 0.685. The second kappa shape index (κ2) is 5.57. The molecule has 0 bridgehead atoms. The maximum Gasteiger partial charge on any atom is 0.308 e. The Morgan fingerprint density at radius 3 is 2.63 bits per heavy atom. The summed E-state index contributed by atoms with van der Waals surface area (Å²) in [5, 5.41) is 11.4. The molecule has 6 nitrogen and oxygen atoms in total. The van der Waals surface area contributed by atoms with Crippen LogP contribution in [0.25, 0.3) is 0 Å². The van der Waals surface area contributed by atoms with E-state index in [9.17, 15) is 9.59 Å². The highest BCUT2D eigenvalue weighted by Gasteiger charge is 2.15. The van der Waals surface area contributed by atoms with E-state index in [4.69, 9.17) is 4.74 Å². The average molecular weight is 277 g/mol. The second-order valence-corrected chi connectivity index (χ2v) is 4.85.